The zero-order valence-corrected chi connectivity index (χ0v) is 14.2. The zero-order chi connectivity index (χ0) is 15.2. The van der Waals surface area contributed by atoms with Gasteiger partial charge in [0.2, 0.25) is 5.91 Å². The SMILES string of the molecule is CCCCCCC(CCCC)C(=O)NCCCN(C)C. The molecule has 0 radical (unpaired) electrons. The molecular formula is C17H36N2O. The van der Waals surface area contributed by atoms with Gasteiger partial charge in [0.1, 0.15) is 0 Å². The lowest BCUT2D eigenvalue weighted by Gasteiger charge is -2.17. The third-order valence-corrected chi connectivity index (χ3v) is 3.76. The molecule has 0 aliphatic carbocycles. The van der Waals surface area contributed by atoms with Crippen LogP contribution in [0.4, 0.5) is 0 Å². The minimum Gasteiger partial charge on any atom is -0.356 e. The van der Waals surface area contributed by atoms with E-state index >= 15 is 0 Å². The second-order valence-electron chi connectivity index (χ2n) is 6.14. The van der Waals surface area contributed by atoms with Crippen molar-refractivity contribution in [1.82, 2.24) is 10.2 Å². The predicted octanol–water partition coefficient (Wildman–Crippen LogP) is 3.83. The van der Waals surface area contributed by atoms with Crippen LogP contribution in [0.3, 0.4) is 0 Å². The minimum atomic E-state index is 0.242. The van der Waals surface area contributed by atoms with Crippen LogP contribution in [0.25, 0.3) is 0 Å². The second-order valence-corrected chi connectivity index (χ2v) is 6.14. The van der Waals surface area contributed by atoms with Crippen molar-refractivity contribution in [3.63, 3.8) is 0 Å². The normalized spacial score (nSPS) is 12.7. The van der Waals surface area contributed by atoms with Crippen LogP contribution in [-0.2, 0) is 4.79 Å². The van der Waals surface area contributed by atoms with E-state index in [0.29, 0.717) is 0 Å². The summed E-state index contributed by atoms with van der Waals surface area (Å²) in [6.45, 7) is 6.28. The molecule has 1 atom stereocenters. The fourth-order valence-corrected chi connectivity index (χ4v) is 2.43. The van der Waals surface area contributed by atoms with E-state index in [-0.39, 0.29) is 11.8 Å². The first kappa shape index (κ1) is 19.4. The van der Waals surface area contributed by atoms with Gasteiger partial charge in [0, 0.05) is 12.5 Å². The molecular weight excluding hydrogens is 248 g/mol. The van der Waals surface area contributed by atoms with E-state index in [1.165, 1.54) is 38.5 Å². The Morgan fingerprint density at radius 1 is 0.950 bits per heavy atom. The maximum atomic E-state index is 12.2. The smallest absolute Gasteiger partial charge is 0.223 e. The van der Waals surface area contributed by atoms with Crippen molar-refractivity contribution in [2.45, 2.75) is 71.6 Å². The summed E-state index contributed by atoms with van der Waals surface area (Å²) in [5.41, 5.74) is 0. The van der Waals surface area contributed by atoms with E-state index in [9.17, 15) is 4.79 Å². The van der Waals surface area contributed by atoms with Crippen LogP contribution in [0.1, 0.15) is 71.6 Å². The predicted molar refractivity (Wildman–Crippen MR) is 88.0 cm³/mol. The largest absolute Gasteiger partial charge is 0.356 e. The van der Waals surface area contributed by atoms with Crippen LogP contribution in [0, 0.1) is 5.92 Å². The van der Waals surface area contributed by atoms with E-state index < -0.39 is 0 Å². The van der Waals surface area contributed by atoms with E-state index in [1.807, 2.05) is 0 Å². The third-order valence-electron chi connectivity index (χ3n) is 3.76. The molecule has 0 aromatic heterocycles. The first-order chi connectivity index (χ1) is 9.61. The highest BCUT2D eigenvalue weighted by molar-refractivity contribution is 5.78. The van der Waals surface area contributed by atoms with Gasteiger partial charge in [-0.15, -0.1) is 0 Å². The van der Waals surface area contributed by atoms with Crippen molar-refractivity contribution >= 4 is 5.91 Å². The first-order valence-corrected chi connectivity index (χ1v) is 8.54. The van der Waals surface area contributed by atoms with Crippen LogP contribution in [0.15, 0.2) is 0 Å². The molecule has 0 heterocycles. The van der Waals surface area contributed by atoms with Crippen LogP contribution >= 0.6 is 0 Å². The van der Waals surface area contributed by atoms with Crippen LogP contribution in [0.2, 0.25) is 0 Å². The standard InChI is InChI=1S/C17H36N2O/c1-5-7-9-10-13-16(12-8-6-2)17(20)18-14-11-15-19(3)4/h16H,5-15H2,1-4H3,(H,18,20). The third kappa shape index (κ3) is 11.3. The second kappa shape index (κ2) is 13.4. The van der Waals surface area contributed by atoms with Gasteiger partial charge in [0.25, 0.3) is 0 Å². The fourth-order valence-electron chi connectivity index (χ4n) is 2.43. The number of carbonyl (C=O) groups excluding carboxylic acids is 1. The molecule has 120 valence electrons. The van der Waals surface area contributed by atoms with Gasteiger partial charge in [-0.2, -0.15) is 0 Å². The summed E-state index contributed by atoms with van der Waals surface area (Å²) in [7, 11) is 4.14. The van der Waals surface area contributed by atoms with Crippen molar-refractivity contribution in [2.24, 2.45) is 5.92 Å². The Hall–Kier alpha value is -0.570. The van der Waals surface area contributed by atoms with Crippen molar-refractivity contribution in [2.75, 3.05) is 27.2 Å². The molecule has 0 aromatic rings. The number of amides is 1. The van der Waals surface area contributed by atoms with E-state index in [0.717, 1.165) is 32.4 Å². The Morgan fingerprint density at radius 3 is 2.20 bits per heavy atom. The number of nitrogens with one attached hydrogen (secondary N) is 1. The van der Waals surface area contributed by atoms with Crippen LogP contribution < -0.4 is 5.32 Å². The van der Waals surface area contributed by atoms with Crippen molar-refractivity contribution in [1.29, 1.82) is 0 Å². The zero-order valence-electron chi connectivity index (χ0n) is 14.2. The quantitative estimate of drug-likeness (QED) is 0.521. The summed E-state index contributed by atoms with van der Waals surface area (Å²) in [6, 6.07) is 0. The van der Waals surface area contributed by atoms with Gasteiger partial charge in [0.15, 0.2) is 0 Å². The van der Waals surface area contributed by atoms with E-state index in [2.05, 4.69) is 38.2 Å². The molecule has 0 spiro atoms. The minimum absolute atomic E-state index is 0.242. The average molecular weight is 284 g/mol. The summed E-state index contributed by atoms with van der Waals surface area (Å²) in [6.07, 6.45) is 10.5. The van der Waals surface area contributed by atoms with Gasteiger partial charge in [-0.3, -0.25) is 4.79 Å². The molecule has 3 heteroatoms. The Kier molecular flexibility index (Phi) is 13.0. The highest BCUT2D eigenvalue weighted by atomic mass is 16.1. The number of hydrogen-bond donors (Lipinski definition) is 1. The fraction of sp³-hybridized carbons (Fsp3) is 0.941. The first-order valence-electron chi connectivity index (χ1n) is 8.54. The van der Waals surface area contributed by atoms with Crippen molar-refractivity contribution in [3.8, 4) is 0 Å². The summed E-state index contributed by atoms with van der Waals surface area (Å²) >= 11 is 0. The van der Waals surface area contributed by atoms with E-state index in [1.54, 1.807) is 0 Å². The Bertz CT molecular complexity index is 229. The molecule has 0 aromatic carbocycles. The molecule has 1 N–H and O–H groups in total. The molecule has 1 amide bonds. The molecule has 0 aliphatic heterocycles. The van der Waals surface area contributed by atoms with Crippen LogP contribution in [0.5, 0.6) is 0 Å². The van der Waals surface area contributed by atoms with Gasteiger partial charge < -0.3 is 10.2 Å². The topological polar surface area (TPSA) is 32.3 Å². The summed E-state index contributed by atoms with van der Waals surface area (Å²) in [5.74, 6) is 0.528. The molecule has 0 saturated heterocycles. The summed E-state index contributed by atoms with van der Waals surface area (Å²) < 4.78 is 0. The average Bonchev–Trinajstić information content (AvgIpc) is 2.42. The lowest BCUT2D eigenvalue weighted by molar-refractivity contribution is -0.125. The lowest BCUT2D eigenvalue weighted by Crippen LogP contribution is -2.32. The Morgan fingerprint density at radius 2 is 1.60 bits per heavy atom. The maximum Gasteiger partial charge on any atom is 0.223 e. The molecule has 0 aliphatic rings. The molecule has 0 bridgehead atoms. The number of rotatable bonds is 13. The monoisotopic (exact) mass is 284 g/mol. The molecule has 0 rings (SSSR count). The summed E-state index contributed by atoms with van der Waals surface area (Å²) in [5, 5.41) is 3.12. The number of unbranched alkanes of at least 4 members (excludes halogenated alkanes) is 4. The number of nitrogens with zero attached hydrogens (tertiary/aromatic N) is 1. The van der Waals surface area contributed by atoms with Gasteiger partial charge >= 0.3 is 0 Å². The molecule has 20 heavy (non-hydrogen) atoms. The number of hydrogen-bond acceptors (Lipinski definition) is 2. The highest BCUT2D eigenvalue weighted by Gasteiger charge is 2.16. The van der Waals surface area contributed by atoms with Gasteiger partial charge in [0.05, 0.1) is 0 Å². The number of carbonyl (C=O) groups is 1. The Balaban J connectivity index is 3.93. The molecule has 0 fully saturated rings. The van der Waals surface area contributed by atoms with Gasteiger partial charge in [-0.1, -0.05) is 52.4 Å². The maximum absolute atomic E-state index is 12.2. The van der Waals surface area contributed by atoms with Crippen molar-refractivity contribution in [3.05, 3.63) is 0 Å². The van der Waals surface area contributed by atoms with E-state index in [4.69, 9.17) is 0 Å². The highest BCUT2D eigenvalue weighted by Crippen LogP contribution is 2.17. The molecule has 1 unspecified atom stereocenters. The Labute approximate surface area is 126 Å². The van der Waals surface area contributed by atoms with Gasteiger partial charge in [-0.05, 0) is 39.9 Å². The summed E-state index contributed by atoms with van der Waals surface area (Å²) in [4.78, 5) is 14.4. The van der Waals surface area contributed by atoms with Gasteiger partial charge in [-0.25, -0.2) is 0 Å². The molecule has 0 saturated carbocycles. The lowest BCUT2D eigenvalue weighted by atomic mass is 9.94. The van der Waals surface area contributed by atoms with Crippen molar-refractivity contribution < 1.29 is 4.79 Å². The van der Waals surface area contributed by atoms with Crippen LogP contribution in [-0.4, -0.2) is 38.0 Å². The molecule has 3 nitrogen and oxygen atoms in total.